The Morgan fingerprint density at radius 1 is 0.966 bits per heavy atom. The number of nitrogens with one attached hydrogen (secondary N) is 2. The first-order chi connectivity index (χ1) is 13.9. The van der Waals surface area contributed by atoms with E-state index in [2.05, 4.69) is 10.0 Å². The lowest BCUT2D eigenvalue weighted by Gasteiger charge is -2.13. The quantitative estimate of drug-likeness (QED) is 0.609. The van der Waals surface area contributed by atoms with Crippen molar-refractivity contribution in [3.63, 3.8) is 0 Å². The summed E-state index contributed by atoms with van der Waals surface area (Å²) in [5, 5.41) is 2.64. The molecule has 0 saturated heterocycles. The molecule has 0 aliphatic rings. The van der Waals surface area contributed by atoms with Crippen LogP contribution in [0.5, 0.6) is 17.2 Å². The van der Waals surface area contributed by atoms with Crippen LogP contribution in [0.15, 0.2) is 41.3 Å². The van der Waals surface area contributed by atoms with Gasteiger partial charge in [-0.1, -0.05) is 6.07 Å². The van der Waals surface area contributed by atoms with E-state index in [0.29, 0.717) is 36.0 Å². The van der Waals surface area contributed by atoms with E-state index in [-0.39, 0.29) is 17.0 Å². The van der Waals surface area contributed by atoms with Gasteiger partial charge < -0.3 is 19.5 Å². The Labute approximate surface area is 171 Å². The van der Waals surface area contributed by atoms with Gasteiger partial charge in [-0.25, -0.2) is 13.1 Å². The van der Waals surface area contributed by atoms with Crippen molar-refractivity contribution in [3.05, 3.63) is 47.5 Å². The number of carbonyl (C=O) groups is 1. The molecule has 0 heterocycles. The van der Waals surface area contributed by atoms with Crippen molar-refractivity contribution in [1.29, 1.82) is 0 Å². The Morgan fingerprint density at radius 3 is 2.28 bits per heavy atom. The van der Waals surface area contributed by atoms with Crippen LogP contribution in [0.2, 0.25) is 0 Å². The summed E-state index contributed by atoms with van der Waals surface area (Å²) in [5.74, 6) is 0.999. The molecule has 0 aliphatic heterocycles. The molecule has 8 nitrogen and oxygen atoms in total. The summed E-state index contributed by atoms with van der Waals surface area (Å²) in [5.41, 5.74) is 0.857. The molecule has 2 aromatic rings. The highest BCUT2D eigenvalue weighted by molar-refractivity contribution is 7.89. The monoisotopic (exact) mass is 422 g/mol. The predicted octanol–water partition coefficient (Wildman–Crippen LogP) is 2.33. The fourth-order valence-electron chi connectivity index (χ4n) is 2.65. The van der Waals surface area contributed by atoms with E-state index >= 15 is 0 Å². The third kappa shape index (κ3) is 5.61. The highest BCUT2D eigenvalue weighted by atomic mass is 32.2. The van der Waals surface area contributed by atoms with E-state index < -0.39 is 15.9 Å². The van der Waals surface area contributed by atoms with Crippen molar-refractivity contribution >= 4 is 15.9 Å². The van der Waals surface area contributed by atoms with Gasteiger partial charge in [0.05, 0.1) is 31.3 Å². The molecule has 0 saturated carbocycles. The molecule has 0 aliphatic carbocycles. The molecular formula is C20H26N2O6S. The van der Waals surface area contributed by atoms with Gasteiger partial charge in [0.1, 0.15) is 5.75 Å². The second kappa shape index (κ2) is 10.1. The molecule has 0 bridgehead atoms. The number of sulfonamides is 1. The molecular weight excluding hydrogens is 396 g/mol. The highest BCUT2D eigenvalue weighted by Gasteiger charge is 2.20. The van der Waals surface area contributed by atoms with Crippen LogP contribution in [-0.2, 0) is 16.6 Å². The van der Waals surface area contributed by atoms with Gasteiger partial charge in [-0.2, -0.15) is 0 Å². The van der Waals surface area contributed by atoms with Crippen LogP contribution < -0.4 is 24.2 Å². The Balaban J connectivity index is 2.24. The minimum Gasteiger partial charge on any atom is -0.496 e. The SMILES string of the molecule is CCNC(=O)c1cc(S(=O)(=O)NCc2ccc(OC)c(OCC)c2)ccc1OC. The largest absolute Gasteiger partial charge is 0.496 e. The lowest BCUT2D eigenvalue weighted by molar-refractivity contribution is 0.0952. The summed E-state index contributed by atoms with van der Waals surface area (Å²) in [6, 6.07) is 9.33. The summed E-state index contributed by atoms with van der Waals surface area (Å²) in [7, 11) is -0.894. The zero-order valence-corrected chi connectivity index (χ0v) is 17.8. The Kier molecular flexibility index (Phi) is 7.86. The van der Waals surface area contributed by atoms with E-state index in [1.54, 1.807) is 25.1 Å². The molecule has 29 heavy (non-hydrogen) atoms. The molecule has 2 N–H and O–H groups in total. The molecule has 158 valence electrons. The topological polar surface area (TPSA) is 103 Å². The van der Waals surface area contributed by atoms with E-state index in [4.69, 9.17) is 14.2 Å². The van der Waals surface area contributed by atoms with E-state index in [1.165, 1.54) is 32.4 Å². The molecule has 2 aromatic carbocycles. The number of benzene rings is 2. The van der Waals surface area contributed by atoms with Gasteiger partial charge in [-0.3, -0.25) is 4.79 Å². The molecule has 0 radical (unpaired) electrons. The van der Waals surface area contributed by atoms with Crippen molar-refractivity contribution < 1.29 is 27.4 Å². The van der Waals surface area contributed by atoms with Crippen molar-refractivity contribution in [3.8, 4) is 17.2 Å². The van der Waals surface area contributed by atoms with Gasteiger partial charge in [0.2, 0.25) is 10.0 Å². The Morgan fingerprint density at radius 2 is 1.66 bits per heavy atom. The van der Waals surface area contributed by atoms with Crippen LogP contribution in [-0.4, -0.2) is 41.7 Å². The van der Waals surface area contributed by atoms with Gasteiger partial charge in [0.15, 0.2) is 11.5 Å². The van der Waals surface area contributed by atoms with Crippen molar-refractivity contribution in [2.75, 3.05) is 27.4 Å². The minimum atomic E-state index is -3.85. The van der Waals surface area contributed by atoms with Crippen LogP contribution in [0, 0.1) is 0 Å². The minimum absolute atomic E-state index is 0.0295. The third-order valence-electron chi connectivity index (χ3n) is 4.06. The summed E-state index contributed by atoms with van der Waals surface area (Å²) >= 11 is 0. The highest BCUT2D eigenvalue weighted by Crippen LogP contribution is 2.28. The first kappa shape index (κ1) is 22.5. The molecule has 0 spiro atoms. The van der Waals surface area contributed by atoms with Crippen molar-refractivity contribution in [1.82, 2.24) is 10.0 Å². The van der Waals surface area contributed by atoms with Crippen molar-refractivity contribution in [2.24, 2.45) is 0 Å². The van der Waals surface area contributed by atoms with Gasteiger partial charge >= 0.3 is 0 Å². The van der Waals surface area contributed by atoms with Crippen molar-refractivity contribution in [2.45, 2.75) is 25.3 Å². The van der Waals surface area contributed by atoms with E-state index in [1.807, 2.05) is 6.92 Å². The number of amides is 1. The third-order valence-corrected chi connectivity index (χ3v) is 5.46. The van der Waals surface area contributed by atoms with Crippen LogP contribution in [0.25, 0.3) is 0 Å². The zero-order valence-electron chi connectivity index (χ0n) is 16.9. The molecule has 0 unspecified atom stereocenters. The first-order valence-corrected chi connectivity index (χ1v) is 10.6. The normalized spacial score (nSPS) is 11.0. The predicted molar refractivity (Wildman–Crippen MR) is 109 cm³/mol. The summed E-state index contributed by atoms with van der Waals surface area (Å²) in [6.07, 6.45) is 0. The molecule has 1 amide bonds. The average Bonchev–Trinajstić information content (AvgIpc) is 2.72. The molecule has 9 heteroatoms. The van der Waals surface area contributed by atoms with Gasteiger partial charge in [-0.05, 0) is 49.7 Å². The van der Waals surface area contributed by atoms with Gasteiger partial charge in [0.25, 0.3) is 5.91 Å². The number of methoxy groups -OCH3 is 2. The van der Waals surface area contributed by atoms with Crippen LogP contribution in [0.1, 0.15) is 29.8 Å². The fraction of sp³-hybridized carbons (Fsp3) is 0.350. The maximum Gasteiger partial charge on any atom is 0.255 e. The van der Waals surface area contributed by atoms with Gasteiger partial charge in [0, 0.05) is 13.1 Å². The standard InChI is InChI=1S/C20H26N2O6S/c1-5-21-20(23)16-12-15(8-10-17(16)26-3)29(24,25)22-13-14-7-9-18(27-4)19(11-14)28-6-2/h7-12,22H,5-6,13H2,1-4H3,(H,21,23). The number of hydrogen-bond donors (Lipinski definition) is 2. The maximum atomic E-state index is 12.7. The fourth-order valence-corrected chi connectivity index (χ4v) is 3.69. The Hall–Kier alpha value is -2.78. The zero-order chi connectivity index (χ0) is 21.4. The number of rotatable bonds is 10. The van der Waals surface area contributed by atoms with Crippen LogP contribution >= 0.6 is 0 Å². The lowest BCUT2D eigenvalue weighted by atomic mass is 10.2. The second-order valence-electron chi connectivity index (χ2n) is 5.96. The number of ether oxygens (including phenoxy) is 3. The lowest BCUT2D eigenvalue weighted by Crippen LogP contribution is -2.26. The molecule has 0 aromatic heterocycles. The number of carbonyl (C=O) groups excluding carboxylic acids is 1. The second-order valence-corrected chi connectivity index (χ2v) is 7.73. The van der Waals surface area contributed by atoms with Gasteiger partial charge in [-0.15, -0.1) is 0 Å². The Bertz CT molecular complexity index is 959. The molecule has 0 atom stereocenters. The molecule has 0 fully saturated rings. The summed E-state index contributed by atoms with van der Waals surface area (Å²) < 4.78 is 43.9. The van der Waals surface area contributed by atoms with E-state index in [9.17, 15) is 13.2 Å². The van der Waals surface area contributed by atoms with Crippen LogP contribution in [0.3, 0.4) is 0 Å². The number of hydrogen-bond acceptors (Lipinski definition) is 6. The smallest absolute Gasteiger partial charge is 0.255 e. The average molecular weight is 423 g/mol. The van der Waals surface area contributed by atoms with E-state index in [0.717, 1.165) is 0 Å². The maximum absolute atomic E-state index is 12.7. The first-order valence-electron chi connectivity index (χ1n) is 9.11. The summed E-state index contributed by atoms with van der Waals surface area (Å²) in [6.45, 7) is 4.55. The van der Waals surface area contributed by atoms with Crippen LogP contribution in [0.4, 0.5) is 0 Å². The molecule has 2 rings (SSSR count). The summed E-state index contributed by atoms with van der Waals surface area (Å²) in [4.78, 5) is 12.2.